The molecule has 0 aliphatic heterocycles. The summed E-state index contributed by atoms with van der Waals surface area (Å²) in [6.45, 7) is -0.668. The van der Waals surface area contributed by atoms with Crippen molar-refractivity contribution in [3.8, 4) is 0 Å². The molecule has 0 saturated heterocycles. The summed E-state index contributed by atoms with van der Waals surface area (Å²) in [7, 11) is -4.65. The van der Waals surface area contributed by atoms with Gasteiger partial charge in [0.25, 0.3) is 0 Å². The Hall–Kier alpha value is -0.950. The first-order valence-corrected chi connectivity index (χ1v) is 4.59. The third kappa shape index (κ3) is 6.23. The summed E-state index contributed by atoms with van der Waals surface area (Å²) >= 11 is 0. The number of nitrogens with two attached hydrogens (primary N) is 1. The summed E-state index contributed by atoms with van der Waals surface area (Å²) in [5.41, 5.74) is 4.76. The summed E-state index contributed by atoms with van der Waals surface area (Å²) in [6, 6.07) is -1.25. The van der Waals surface area contributed by atoms with Gasteiger partial charge in [-0.05, 0) is 0 Å². The van der Waals surface area contributed by atoms with Gasteiger partial charge in [0.1, 0.15) is 6.04 Å². The van der Waals surface area contributed by atoms with Gasteiger partial charge in [-0.25, -0.2) is 4.57 Å². The summed E-state index contributed by atoms with van der Waals surface area (Å²) in [4.78, 5) is 36.8. The van der Waals surface area contributed by atoms with E-state index >= 15 is 0 Å². The maximum absolute atomic E-state index is 10.5. The third-order valence-corrected chi connectivity index (χ3v) is 1.51. The van der Waals surface area contributed by atoms with Crippen molar-refractivity contribution in [1.29, 1.82) is 0 Å². The topological polar surface area (TPSA) is 139 Å². The highest BCUT2D eigenvalue weighted by Gasteiger charge is 2.21. The molecule has 1 atom stereocenters. The molecule has 0 aliphatic rings. The van der Waals surface area contributed by atoms with E-state index in [0.29, 0.717) is 0 Å². The van der Waals surface area contributed by atoms with E-state index in [4.69, 9.17) is 15.5 Å². The Morgan fingerprint density at radius 2 is 2.23 bits per heavy atom. The monoisotopic (exact) mass is 212 g/mol. The van der Waals surface area contributed by atoms with Crippen LogP contribution in [0, 0.1) is 0 Å². The van der Waals surface area contributed by atoms with Gasteiger partial charge in [-0.2, -0.15) is 0 Å². The largest absolute Gasteiger partial charge is 0.469 e. The van der Waals surface area contributed by atoms with Gasteiger partial charge >= 0.3 is 7.82 Å². The molecule has 13 heavy (non-hydrogen) atoms. The molecule has 0 fully saturated rings. The van der Waals surface area contributed by atoms with Crippen molar-refractivity contribution in [3.63, 3.8) is 0 Å². The number of hydrogen-bond acceptors (Lipinski definition) is 4. The zero-order valence-corrected chi connectivity index (χ0v) is 7.31. The Bertz CT molecular complexity index is 237. The van der Waals surface area contributed by atoms with E-state index in [1.807, 2.05) is 5.32 Å². The van der Waals surface area contributed by atoms with Crippen LogP contribution in [0.1, 0.15) is 0 Å². The predicted molar refractivity (Wildman–Crippen MR) is 40.2 cm³/mol. The highest BCUT2D eigenvalue weighted by Crippen LogP contribution is 2.35. The lowest BCUT2D eigenvalue weighted by Gasteiger charge is -2.12. The van der Waals surface area contributed by atoms with Gasteiger partial charge in [-0.1, -0.05) is 0 Å². The first kappa shape index (κ1) is 12.0. The van der Waals surface area contributed by atoms with Crippen molar-refractivity contribution in [2.75, 3.05) is 6.61 Å². The first-order chi connectivity index (χ1) is 5.87. The highest BCUT2D eigenvalue weighted by molar-refractivity contribution is 7.46. The summed E-state index contributed by atoms with van der Waals surface area (Å²) in [5, 5.41) is 1.93. The maximum atomic E-state index is 10.5. The zero-order valence-electron chi connectivity index (χ0n) is 6.41. The van der Waals surface area contributed by atoms with E-state index in [-0.39, 0.29) is 6.41 Å². The fourth-order valence-corrected chi connectivity index (χ4v) is 0.809. The lowest BCUT2D eigenvalue weighted by atomic mass is 10.3. The Labute approximate surface area is 73.3 Å². The van der Waals surface area contributed by atoms with Crippen molar-refractivity contribution in [2.24, 2.45) is 5.73 Å². The standard InChI is InChI=1S/C4H9N2O6P/c5-4(8)3(6-2-7)1-12-13(9,10)11/h2-3H,1H2,(H2,5,8)(H,6,7)(H2,9,10,11)/t3-/m0/s1. The Kier molecular flexibility index (Phi) is 4.57. The highest BCUT2D eigenvalue weighted by atomic mass is 31.2. The molecule has 0 bridgehead atoms. The fraction of sp³-hybridized carbons (Fsp3) is 0.500. The molecule has 9 heteroatoms. The number of phosphoric acid groups is 1. The smallest absolute Gasteiger partial charge is 0.368 e. The molecule has 5 N–H and O–H groups in total. The second kappa shape index (κ2) is 4.93. The van der Waals surface area contributed by atoms with Crippen LogP contribution in [0.15, 0.2) is 0 Å². The number of amides is 2. The molecule has 0 heterocycles. The van der Waals surface area contributed by atoms with Crippen molar-refractivity contribution in [1.82, 2.24) is 5.32 Å². The Morgan fingerprint density at radius 3 is 2.54 bits per heavy atom. The van der Waals surface area contributed by atoms with Crippen LogP contribution in [-0.4, -0.2) is 34.8 Å². The van der Waals surface area contributed by atoms with E-state index in [0.717, 1.165) is 0 Å². The molecule has 0 aromatic rings. The molecule has 0 aromatic carbocycles. The van der Waals surface area contributed by atoms with Crippen LogP contribution < -0.4 is 11.1 Å². The predicted octanol–water partition coefficient (Wildman–Crippen LogP) is -2.30. The average molecular weight is 212 g/mol. The van der Waals surface area contributed by atoms with Gasteiger partial charge in [0, 0.05) is 0 Å². The number of nitrogens with one attached hydrogen (secondary N) is 1. The second-order valence-electron chi connectivity index (χ2n) is 2.03. The fourth-order valence-electron chi connectivity index (χ4n) is 0.466. The maximum Gasteiger partial charge on any atom is 0.469 e. The molecule has 8 nitrogen and oxygen atoms in total. The molecule has 0 rings (SSSR count). The SMILES string of the molecule is NC(=O)[C@H](COP(=O)(O)O)NC=O. The van der Waals surface area contributed by atoms with Crippen LogP contribution in [0.4, 0.5) is 0 Å². The van der Waals surface area contributed by atoms with E-state index < -0.39 is 26.4 Å². The minimum absolute atomic E-state index is 0.179. The van der Waals surface area contributed by atoms with Crippen LogP contribution in [-0.2, 0) is 18.7 Å². The average Bonchev–Trinajstić information content (AvgIpc) is 1.95. The second-order valence-corrected chi connectivity index (χ2v) is 3.27. The number of rotatable bonds is 6. The summed E-state index contributed by atoms with van der Waals surface area (Å²) < 4.78 is 14.1. The Balaban J connectivity index is 4.04. The van der Waals surface area contributed by atoms with Crippen LogP contribution >= 0.6 is 7.82 Å². The molecular weight excluding hydrogens is 203 g/mol. The lowest BCUT2D eigenvalue weighted by Crippen LogP contribution is -2.43. The molecular formula is C4H9N2O6P. The van der Waals surface area contributed by atoms with E-state index in [1.54, 1.807) is 0 Å². The van der Waals surface area contributed by atoms with Crippen LogP contribution in [0.25, 0.3) is 0 Å². The van der Waals surface area contributed by atoms with Crippen LogP contribution in [0.3, 0.4) is 0 Å². The van der Waals surface area contributed by atoms with E-state index in [2.05, 4.69) is 4.52 Å². The molecule has 0 saturated carbocycles. The van der Waals surface area contributed by atoms with E-state index in [1.165, 1.54) is 0 Å². The van der Waals surface area contributed by atoms with Crippen molar-refractivity contribution in [3.05, 3.63) is 0 Å². The quantitative estimate of drug-likeness (QED) is 0.288. The molecule has 2 amide bonds. The molecule has 76 valence electrons. The van der Waals surface area contributed by atoms with Gasteiger partial charge in [-0.3, -0.25) is 14.1 Å². The van der Waals surface area contributed by atoms with Crippen LogP contribution in [0.2, 0.25) is 0 Å². The van der Waals surface area contributed by atoms with Gasteiger partial charge in [0.05, 0.1) is 6.61 Å². The van der Waals surface area contributed by atoms with Crippen molar-refractivity contribution in [2.45, 2.75) is 6.04 Å². The van der Waals surface area contributed by atoms with Gasteiger partial charge in [-0.15, -0.1) is 0 Å². The first-order valence-electron chi connectivity index (χ1n) is 3.06. The summed E-state index contributed by atoms with van der Waals surface area (Å²) in [6.07, 6.45) is 0.179. The minimum Gasteiger partial charge on any atom is -0.368 e. The lowest BCUT2D eigenvalue weighted by molar-refractivity contribution is -0.123. The number of carbonyl (C=O) groups excluding carboxylic acids is 2. The van der Waals surface area contributed by atoms with Crippen molar-refractivity contribution >= 4 is 20.1 Å². The van der Waals surface area contributed by atoms with Crippen molar-refractivity contribution < 1.29 is 28.5 Å². The number of hydrogen-bond donors (Lipinski definition) is 4. The van der Waals surface area contributed by atoms with Gasteiger partial charge < -0.3 is 20.8 Å². The molecule has 0 unspecified atom stereocenters. The van der Waals surface area contributed by atoms with E-state index in [9.17, 15) is 14.2 Å². The molecule has 0 aliphatic carbocycles. The minimum atomic E-state index is -4.65. The van der Waals surface area contributed by atoms with Crippen LogP contribution in [0.5, 0.6) is 0 Å². The summed E-state index contributed by atoms with van der Waals surface area (Å²) in [5.74, 6) is -0.944. The van der Waals surface area contributed by atoms with Gasteiger partial charge in [0.15, 0.2) is 0 Å². The number of phosphoric ester groups is 1. The molecule has 0 radical (unpaired) electrons. The number of carbonyl (C=O) groups is 2. The normalized spacial score (nSPS) is 13.4. The number of primary amides is 1. The van der Waals surface area contributed by atoms with Gasteiger partial charge in [0.2, 0.25) is 12.3 Å². The Morgan fingerprint density at radius 1 is 1.69 bits per heavy atom. The molecule has 0 spiro atoms. The zero-order chi connectivity index (χ0) is 10.5. The molecule has 0 aromatic heterocycles. The third-order valence-electron chi connectivity index (χ3n) is 1.02.